The highest BCUT2D eigenvalue weighted by Crippen LogP contribution is 2.32. The summed E-state index contributed by atoms with van der Waals surface area (Å²) in [5.74, 6) is -0.640. The van der Waals surface area contributed by atoms with Crippen LogP contribution in [0.1, 0.15) is 17.4 Å². The molecule has 0 bridgehead atoms. The number of aliphatic hydroxyl groups is 1. The van der Waals surface area contributed by atoms with E-state index in [0.29, 0.717) is 10.2 Å². The van der Waals surface area contributed by atoms with Gasteiger partial charge in [0.05, 0.1) is 10.7 Å². The average Bonchev–Trinajstić information content (AvgIpc) is 2.36. The zero-order valence-corrected chi connectivity index (χ0v) is 10.9. The fraction of sp³-hybridized carbons (Fsp3) is 0.0833. The van der Waals surface area contributed by atoms with E-state index in [1.54, 1.807) is 24.3 Å². The molecule has 0 aliphatic heterocycles. The van der Waals surface area contributed by atoms with E-state index in [0.717, 1.165) is 0 Å². The lowest BCUT2D eigenvalue weighted by Crippen LogP contribution is -2.05. The third-order valence-electron chi connectivity index (χ3n) is 2.33. The maximum Gasteiger partial charge on any atom is 0.149 e. The number of pyridine rings is 1. The quantitative estimate of drug-likeness (QED) is 0.857. The molecule has 88 valence electrons. The molecule has 1 aromatic heterocycles. The largest absolute Gasteiger partial charge is 0.382 e. The van der Waals surface area contributed by atoms with Crippen LogP contribution >= 0.6 is 27.5 Å². The Balaban J connectivity index is 2.45. The summed E-state index contributed by atoms with van der Waals surface area (Å²) in [6.45, 7) is 0. The lowest BCUT2D eigenvalue weighted by molar-refractivity contribution is 0.210. The molecule has 1 aromatic carbocycles. The third kappa shape index (κ3) is 2.49. The van der Waals surface area contributed by atoms with Gasteiger partial charge < -0.3 is 5.11 Å². The average molecular weight is 317 g/mol. The Morgan fingerprint density at radius 3 is 2.71 bits per heavy atom. The minimum absolute atomic E-state index is 0.0440. The van der Waals surface area contributed by atoms with Crippen molar-refractivity contribution < 1.29 is 9.50 Å². The Kier molecular flexibility index (Phi) is 3.76. The van der Waals surface area contributed by atoms with Crippen LogP contribution in [0.4, 0.5) is 4.39 Å². The minimum Gasteiger partial charge on any atom is -0.382 e. The van der Waals surface area contributed by atoms with Gasteiger partial charge in [-0.25, -0.2) is 4.39 Å². The second kappa shape index (κ2) is 5.12. The van der Waals surface area contributed by atoms with E-state index in [2.05, 4.69) is 20.9 Å². The molecule has 0 aliphatic rings. The number of nitrogens with zero attached hydrogens (tertiary/aromatic N) is 1. The highest BCUT2D eigenvalue weighted by Gasteiger charge is 2.19. The van der Waals surface area contributed by atoms with Crippen molar-refractivity contribution in [3.8, 4) is 0 Å². The van der Waals surface area contributed by atoms with Crippen LogP contribution in [-0.2, 0) is 0 Å². The summed E-state index contributed by atoms with van der Waals surface area (Å²) < 4.78 is 14.3. The van der Waals surface area contributed by atoms with E-state index in [-0.39, 0.29) is 10.6 Å². The summed E-state index contributed by atoms with van der Waals surface area (Å²) in [5.41, 5.74) is 0.488. The molecule has 0 saturated heterocycles. The molecule has 0 spiro atoms. The zero-order chi connectivity index (χ0) is 12.4. The van der Waals surface area contributed by atoms with E-state index in [9.17, 15) is 9.50 Å². The Morgan fingerprint density at radius 1 is 1.29 bits per heavy atom. The molecule has 17 heavy (non-hydrogen) atoms. The van der Waals surface area contributed by atoms with Crippen LogP contribution in [0.2, 0.25) is 5.02 Å². The monoisotopic (exact) mass is 315 g/mol. The maximum absolute atomic E-state index is 13.8. The summed E-state index contributed by atoms with van der Waals surface area (Å²) in [4.78, 5) is 3.98. The number of aliphatic hydroxyl groups excluding tert-OH is 1. The lowest BCUT2D eigenvalue weighted by atomic mass is 10.1. The van der Waals surface area contributed by atoms with Gasteiger partial charge in [0.25, 0.3) is 0 Å². The van der Waals surface area contributed by atoms with Gasteiger partial charge in [-0.15, -0.1) is 0 Å². The van der Waals surface area contributed by atoms with Gasteiger partial charge in [0.2, 0.25) is 0 Å². The van der Waals surface area contributed by atoms with Gasteiger partial charge in [0.15, 0.2) is 0 Å². The topological polar surface area (TPSA) is 33.1 Å². The molecule has 2 nitrogen and oxygen atoms in total. The van der Waals surface area contributed by atoms with E-state index in [1.165, 1.54) is 12.3 Å². The molecule has 0 saturated carbocycles. The first-order chi connectivity index (χ1) is 8.11. The summed E-state index contributed by atoms with van der Waals surface area (Å²) in [7, 11) is 0. The van der Waals surface area contributed by atoms with Gasteiger partial charge in [-0.1, -0.05) is 23.7 Å². The first-order valence-corrected chi connectivity index (χ1v) is 6.00. The second-order valence-electron chi connectivity index (χ2n) is 3.42. The van der Waals surface area contributed by atoms with Gasteiger partial charge >= 0.3 is 0 Å². The number of hydrogen-bond donors (Lipinski definition) is 1. The molecule has 0 aliphatic carbocycles. The van der Waals surface area contributed by atoms with Crippen molar-refractivity contribution in [2.24, 2.45) is 0 Å². The minimum atomic E-state index is -1.12. The fourth-order valence-electron chi connectivity index (χ4n) is 1.45. The van der Waals surface area contributed by atoms with Gasteiger partial charge in [0, 0.05) is 16.2 Å². The Hall–Kier alpha value is -0.970. The van der Waals surface area contributed by atoms with Gasteiger partial charge in [-0.3, -0.25) is 4.98 Å². The summed E-state index contributed by atoms with van der Waals surface area (Å²) in [5, 5.41) is 9.97. The van der Waals surface area contributed by atoms with E-state index >= 15 is 0 Å². The van der Waals surface area contributed by atoms with Gasteiger partial charge in [0.1, 0.15) is 11.9 Å². The normalized spacial score (nSPS) is 12.5. The van der Waals surface area contributed by atoms with Crippen LogP contribution in [0.3, 0.4) is 0 Å². The predicted molar refractivity (Wildman–Crippen MR) is 67.4 cm³/mol. The Labute approximate surface area is 111 Å². The van der Waals surface area contributed by atoms with Crippen molar-refractivity contribution in [3.63, 3.8) is 0 Å². The van der Waals surface area contributed by atoms with Crippen LogP contribution < -0.4 is 0 Å². The lowest BCUT2D eigenvalue weighted by Gasteiger charge is -2.12. The number of benzene rings is 1. The third-order valence-corrected chi connectivity index (χ3v) is 3.59. The van der Waals surface area contributed by atoms with Crippen LogP contribution in [0.25, 0.3) is 0 Å². The molecule has 0 radical (unpaired) electrons. The predicted octanol–water partition coefficient (Wildman–Crippen LogP) is 3.72. The number of rotatable bonds is 2. The highest BCUT2D eigenvalue weighted by atomic mass is 79.9. The summed E-state index contributed by atoms with van der Waals surface area (Å²) in [6.07, 6.45) is 0.415. The second-order valence-corrected chi connectivity index (χ2v) is 4.65. The molecule has 2 aromatic rings. The van der Waals surface area contributed by atoms with Crippen molar-refractivity contribution in [1.29, 1.82) is 0 Å². The van der Waals surface area contributed by atoms with Crippen molar-refractivity contribution >= 4 is 27.5 Å². The van der Waals surface area contributed by atoms with Crippen molar-refractivity contribution in [1.82, 2.24) is 4.98 Å². The first kappa shape index (κ1) is 12.5. The van der Waals surface area contributed by atoms with Crippen molar-refractivity contribution in [3.05, 3.63) is 63.1 Å². The maximum atomic E-state index is 13.8. The van der Waals surface area contributed by atoms with Crippen LogP contribution in [0.5, 0.6) is 0 Å². The molecule has 1 N–H and O–H groups in total. The van der Waals surface area contributed by atoms with Crippen LogP contribution in [-0.4, -0.2) is 10.1 Å². The SMILES string of the molecule is OC(c1ccccn1)c1ccc(Br)c(Cl)c1F. The molecular weight excluding hydrogens is 308 g/mol. The van der Waals surface area contributed by atoms with E-state index in [1.807, 2.05) is 0 Å². The van der Waals surface area contributed by atoms with Gasteiger partial charge in [-0.2, -0.15) is 0 Å². The summed E-state index contributed by atoms with van der Waals surface area (Å²) in [6, 6.07) is 8.14. The molecule has 0 fully saturated rings. The number of hydrogen-bond acceptors (Lipinski definition) is 2. The molecule has 1 heterocycles. The first-order valence-electron chi connectivity index (χ1n) is 4.83. The number of aromatic nitrogens is 1. The van der Waals surface area contributed by atoms with Crippen LogP contribution in [0, 0.1) is 5.82 Å². The number of halogens is 3. The molecule has 0 amide bonds. The van der Waals surface area contributed by atoms with Crippen molar-refractivity contribution in [2.75, 3.05) is 0 Å². The van der Waals surface area contributed by atoms with Gasteiger partial charge in [-0.05, 0) is 34.1 Å². The Morgan fingerprint density at radius 2 is 2.06 bits per heavy atom. The zero-order valence-electron chi connectivity index (χ0n) is 8.57. The molecule has 5 heteroatoms. The standard InChI is InChI=1S/C12H8BrClFNO/c13-8-5-4-7(11(15)10(8)14)12(17)9-3-1-2-6-16-9/h1-6,12,17H. The highest BCUT2D eigenvalue weighted by molar-refractivity contribution is 9.10. The Bertz CT molecular complexity index is 536. The van der Waals surface area contributed by atoms with E-state index < -0.39 is 11.9 Å². The van der Waals surface area contributed by atoms with Crippen molar-refractivity contribution in [2.45, 2.75) is 6.10 Å². The summed E-state index contributed by atoms with van der Waals surface area (Å²) >= 11 is 8.88. The molecule has 1 unspecified atom stereocenters. The fourth-order valence-corrected chi connectivity index (χ4v) is 1.93. The van der Waals surface area contributed by atoms with Crippen LogP contribution in [0.15, 0.2) is 41.0 Å². The molecule has 1 atom stereocenters. The smallest absolute Gasteiger partial charge is 0.149 e. The molecular formula is C12H8BrClFNO. The van der Waals surface area contributed by atoms with E-state index in [4.69, 9.17) is 11.6 Å². The molecule has 2 rings (SSSR count).